The molecule has 0 saturated heterocycles. The number of rotatable bonds is 8. The summed E-state index contributed by atoms with van der Waals surface area (Å²) in [6.45, 7) is 2.34. The van der Waals surface area contributed by atoms with Gasteiger partial charge in [0.05, 0.1) is 6.61 Å². The Morgan fingerprint density at radius 3 is 2.20 bits per heavy atom. The normalized spacial score (nSPS) is 10.2. The van der Waals surface area contributed by atoms with Crippen LogP contribution in [0, 0.1) is 6.92 Å². The molecule has 4 aromatic carbocycles. The fourth-order valence-electron chi connectivity index (χ4n) is 3.78. The Kier molecular flexibility index (Phi) is 9.58. The molecule has 0 saturated carbocycles. The number of aryl methyl sites for hydroxylation is 1. The summed E-state index contributed by atoms with van der Waals surface area (Å²) in [5.41, 5.74) is 8.81. The lowest BCUT2D eigenvalue weighted by Crippen LogP contribution is -2.48. The van der Waals surface area contributed by atoms with Gasteiger partial charge in [-0.2, -0.15) is 0 Å². The fraction of sp³-hybridized carbons (Fsp3) is 0.0968. The quantitative estimate of drug-likeness (QED) is 0.184. The van der Waals surface area contributed by atoms with Crippen molar-refractivity contribution in [1.82, 2.24) is 16.2 Å². The Morgan fingerprint density at radius 1 is 0.725 bits per heavy atom. The third-order valence-electron chi connectivity index (χ3n) is 5.91. The van der Waals surface area contributed by atoms with E-state index in [1.165, 1.54) is 0 Å². The highest BCUT2D eigenvalue weighted by Gasteiger charge is 2.12. The van der Waals surface area contributed by atoms with Gasteiger partial charge >= 0.3 is 0 Å². The van der Waals surface area contributed by atoms with Crippen LogP contribution in [0.5, 0.6) is 5.75 Å². The average Bonchev–Trinajstić information content (AvgIpc) is 2.97. The smallest absolute Gasteiger partial charge is 0.269 e. The van der Waals surface area contributed by atoms with E-state index in [0.29, 0.717) is 34.7 Å². The lowest BCUT2D eigenvalue weighted by molar-refractivity contribution is 0.0934. The van der Waals surface area contributed by atoms with Crippen molar-refractivity contribution in [3.05, 3.63) is 131 Å². The number of carbonyl (C=O) groups is 3. The molecule has 0 spiro atoms. The Balaban J connectivity index is 1.22. The van der Waals surface area contributed by atoms with Gasteiger partial charge in [0.2, 0.25) is 0 Å². The topological polar surface area (TPSA) is 109 Å². The van der Waals surface area contributed by atoms with Gasteiger partial charge in [0.25, 0.3) is 17.7 Å². The van der Waals surface area contributed by atoms with Crippen LogP contribution >= 0.6 is 12.2 Å². The number of carbonyl (C=O) groups excluding carboxylic acids is 3. The second kappa shape index (κ2) is 13.7. The Hall–Kier alpha value is -5.02. The van der Waals surface area contributed by atoms with Gasteiger partial charge in [0.15, 0.2) is 5.11 Å². The maximum Gasteiger partial charge on any atom is 0.269 e. The first kappa shape index (κ1) is 28.0. The highest BCUT2D eigenvalue weighted by atomic mass is 32.1. The van der Waals surface area contributed by atoms with Gasteiger partial charge in [-0.1, -0.05) is 54.6 Å². The largest absolute Gasteiger partial charge is 0.493 e. The minimum absolute atomic E-state index is 0.0733. The Labute approximate surface area is 237 Å². The summed E-state index contributed by atoms with van der Waals surface area (Å²) in [5, 5.41) is 5.26. The molecular weight excluding hydrogens is 524 g/mol. The molecule has 0 aliphatic heterocycles. The summed E-state index contributed by atoms with van der Waals surface area (Å²) in [4.78, 5) is 37.6. The van der Waals surface area contributed by atoms with Gasteiger partial charge in [-0.25, -0.2) is 0 Å². The summed E-state index contributed by atoms with van der Waals surface area (Å²) in [7, 11) is 0. The zero-order chi connectivity index (χ0) is 28.3. The number of ether oxygens (including phenoxy) is 1. The first-order valence-corrected chi connectivity index (χ1v) is 13.0. The van der Waals surface area contributed by atoms with Crippen LogP contribution < -0.4 is 26.2 Å². The van der Waals surface area contributed by atoms with Crippen molar-refractivity contribution in [2.24, 2.45) is 0 Å². The molecule has 0 aromatic heterocycles. The maximum absolute atomic E-state index is 12.6. The number of hydrazine groups is 1. The van der Waals surface area contributed by atoms with E-state index in [4.69, 9.17) is 17.0 Å². The molecular formula is C31H28N4O4S. The number of hydrogen-bond acceptors (Lipinski definition) is 5. The number of anilines is 1. The van der Waals surface area contributed by atoms with Gasteiger partial charge in [-0.3, -0.25) is 30.6 Å². The van der Waals surface area contributed by atoms with Crippen molar-refractivity contribution in [2.45, 2.75) is 13.3 Å². The molecule has 202 valence electrons. The van der Waals surface area contributed by atoms with Crippen LogP contribution in [0.1, 0.15) is 42.2 Å². The highest BCUT2D eigenvalue weighted by molar-refractivity contribution is 7.80. The van der Waals surface area contributed by atoms with E-state index >= 15 is 0 Å². The van der Waals surface area contributed by atoms with Gasteiger partial charge in [0, 0.05) is 28.8 Å². The highest BCUT2D eigenvalue weighted by Crippen LogP contribution is 2.15. The van der Waals surface area contributed by atoms with E-state index in [1.54, 1.807) is 60.7 Å². The van der Waals surface area contributed by atoms with Crippen molar-refractivity contribution < 1.29 is 19.1 Å². The molecule has 0 bridgehead atoms. The third-order valence-corrected chi connectivity index (χ3v) is 6.11. The zero-order valence-corrected chi connectivity index (χ0v) is 22.6. The van der Waals surface area contributed by atoms with Crippen molar-refractivity contribution in [1.29, 1.82) is 0 Å². The molecule has 0 heterocycles. The molecule has 0 radical (unpaired) electrons. The summed E-state index contributed by atoms with van der Waals surface area (Å²) >= 11 is 5.14. The minimum atomic E-state index is -0.470. The van der Waals surface area contributed by atoms with Crippen LogP contribution in [-0.4, -0.2) is 29.4 Å². The standard InChI is InChI=1S/C31H28N4O4S/c1-21-8-5-6-13-27(21)30(38)32-25-16-14-23(15-17-25)29(37)34-35-31(40)33-28(36)24-11-7-12-26(20-24)39-19-18-22-9-3-2-4-10-22/h2-17,20H,18-19H2,1H3,(H,32,38)(H,34,37)(H2,33,35,36,40). The van der Waals surface area contributed by atoms with Crippen molar-refractivity contribution in [3.8, 4) is 5.75 Å². The van der Waals surface area contributed by atoms with Crippen LogP contribution in [0.15, 0.2) is 103 Å². The minimum Gasteiger partial charge on any atom is -0.493 e. The molecule has 4 rings (SSSR count). The molecule has 40 heavy (non-hydrogen) atoms. The lowest BCUT2D eigenvalue weighted by atomic mass is 10.1. The van der Waals surface area contributed by atoms with Crippen molar-refractivity contribution in [3.63, 3.8) is 0 Å². The second-order valence-electron chi connectivity index (χ2n) is 8.82. The van der Waals surface area contributed by atoms with Gasteiger partial charge < -0.3 is 10.1 Å². The third kappa shape index (κ3) is 7.99. The van der Waals surface area contributed by atoms with Gasteiger partial charge in [-0.05, 0) is 78.8 Å². The van der Waals surface area contributed by atoms with Crippen LogP contribution in [0.4, 0.5) is 5.69 Å². The second-order valence-corrected chi connectivity index (χ2v) is 9.23. The van der Waals surface area contributed by atoms with Crippen molar-refractivity contribution >= 4 is 40.7 Å². The van der Waals surface area contributed by atoms with E-state index in [1.807, 2.05) is 49.4 Å². The summed E-state index contributed by atoms with van der Waals surface area (Å²) in [6, 6.07) is 30.4. The molecule has 4 aromatic rings. The first-order chi connectivity index (χ1) is 19.4. The van der Waals surface area contributed by atoms with Crippen LogP contribution in [-0.2, 0) is 6.42 Å². The predicted octanol–water partition coefficient (Wildman–Crippen LogP) is 4.82. The molecule has 9 heteroatoms. The van der Waals surface area contributed by atoms with Gasteiger partial charge in [-0.15, -0.1) is 0 Å². The summed E-state index contributed by atoms with van der Waals surface area (Å²) < 4.78 is 5.78. The van der Waals surface area contributed by atoms with E-state index in [9.17, 15) is 14.4 Å². The Bertz CT molecular complexity index is 1510. The lowest BCUT2D eigenvalue weighted by Gasteiger charge is -2.12. The van der Waals surface area contributed by atoms with Crippen molar-refractivity contribution in [2.75, 3.05) is 11.9 Å². The van der Waals surface area contributed by atoms with E-state index < -0.39 is 11.8 Å². The number of benzene rings is 4. The predicted molar refractivity (Wildman–Crippen MR) is 158 cm³/mol. The summed E-state index contributed by atoms with van der Waals surface area (Å²) in [6.07, 6.45) is 0.746. The number of nitrogens with one attached hydrogen (secondary N) is 4. The number of hydrogen-bond donors (Lipinski definition) is 4. The molecule has 0 fully saturated rings. The molecule has 8 nitrogen and oxygen atoms in total. The monoisotopic (exact) mass is 552 g/mol. The van der Waals surface area contributed by atoms with E-state index in [2.05, 4.69) is 21.5 Å². The maximum atomic E-state index is 12.6. The van der Waals surface area contributed by atoms with Crippen LogP contribution in [0.25, 0.3) is 0 Å². The zero-order valence-electron chi connectivity index (χ0n) is 21.8. The molecule has 0 aliphatic carbocycles. The molecule has 4 N–H and O–H groups in total. The Morgan fingerprint density at radius 2 is 1.45 bits per heavy atom. The molecule has 0 aliphatic rings. The first-order valence-electron chi connectivity index (χ1n) is 12.5. The summed E-state index contributed by atoms with van der Waals surface area (Å²) in [5.74, 6) is -0.590. The number of amides is 3. The van der Waals surface area contributed by atoms with E-state index in [-0.39, 0.29) is 11.0 Å². The fourth-order valence-corrected chi connectivity index (χ4v) is 3.93. The average molecular weight is 553 g/mol. The van der Waals surface area contributed by atoms with Gasteiger partial charge in [0.1, 0.15) is 5.75 Å². The van der Waals surface area contributed by atoms with Crippen LogP contribution in [0.2, 0.25) is 0 Å². The molecule has 3 amide bonds. The molecule has 0 atom stereocenters. The van der Waals surface area contributed by atoms with Crippen LogP contribution in [0.3, 0.4) is 0 Å². The number of thiocarbonyl (C=S) groups is 1. The molecule has 0 unspecified atom stereocenters. The van der Waals surface area contributed by atoms with E-state index in [0.717, 1.165) is 17.5 Å². The SMILES string of the molecule is Cc1ccccc1C(=O)Nc1ccc(C(=O)NNC(=S)NC(=O)c2cccc(OCCc3ccccc3)c2)cc1.